The molecule has 1 fully saturated rings. The number of carbonyl (C=O) groups excluding carboxylic acids is 2. The normalized spacial score (nSPS) is 14.5. The van der Waals surface area contributed by atoms with Gasteiger partial charge in [0.1, 0.15) is 12.6 Å². The van der Waals surface area contributed by atoms with Gasteiger partial charge in [0, 0.05) is 24.0 Å². The molecule has 1 atom stereocenters. The van der Waals surface area contributed by atoms with Gasteiger partial charge in [0.05, 0.1) is 17.0 Å². The SMILES string of the molecule is CS(=O)(=O)N(CC(=O)N(Cc1ccccc1)[C@@H](Cc1ccccc1)C(=O)NC1CCCC1)c1ccc(Cl)cc1Cl. The van der Waals surface area contributed by atoms with Crippen molar-refractivity contribution in [2.24, 2.45) is 0 Å². The van der Waals surface area contributed by atoms with E-state index >= 15 is 0 Å². The third kappa shape index (κ3) is 7.99. The van der Waals surface area contributed by atoms with Crippen molar-refractivity contribution in [2.75, 3.05) is 17.1 Å². The van der Waals surface area contributed by atoms with Crippen molar-refractivity contribution in [3.8, 4) is 0 Å². The summed E-state index contributed by atoms with van der Waals surface area (Å²) in [5, 5.41) is 3.59. The zero-order valence-corrected chi connectivity index (χ0v) is 24.6. The molecule has 1 saturated carbocycles. The van der Waals surface area contributed by atoms with Gasteiger partial charge in [-0.25, -0.2) is 8.42 Å². The molecule has 3 aromatic rings. The zero-order chi connectivity index (χ0) is 28.7. The number of sulfonamides is 1. The van der Waals surface area contributed by atoms with Crippen molar-refractivity contribution in [2.45, 2.75) is 50.7 Å². The second-order valence-electron chi connectivity index (χ2n) is 10.1. The Morgan fingerprint density at radius 2 is 1.52 bits per heavy atom. The van der Waals surface area contributed by atoms with Gasteiger partial charge in [-0.3, -0.25) is 13.9 Å². The number of rotatable bonds is 11. The number of nitrogens with one attached hydrogen (secondary N) is 1. The summed E-state index contributed by atoms with van der Waals surface area (Å²) in [6.45, 7) is -0.407. The molecule has 1 aliphatic rings. The highest BCUT2D eigenvalue weighted by Gasteiger charge is 2.34. The fourth-order valence-electron chi connectivity index (χ4n) is 4.98. The topological polar surface area (TPSA) is 86.8 Å². The standard InChI is InChI=1S/C30H33Cl2N3O4S/c1-40(38,39)35(27-17-16-24(31)19-26(27)32)21-29(36)34(20-23-12-6-3-7-13-23)28(18-22-10-4-2-5-11-22)30(37)33-25-14-8-9-15-25/h2-7,10-13,16-17,19,25,28H,8-9,14-15,18,20-21H2,1H3,(H,33,37)/t28-/m0/s1. The summed E-state index contributed by atoms with van der Waals surface area (Å²) in [6.07, 6.45) is 5.18. The Morgan fingerprint density at radius 3 is 2.10 bits per heavy atom. The lowest BCUT2D eigenvalue weighted by molar-refractivity contribution is -0.140. The molecule has 212 valence electrons. The number of halogens is 2. The van der Waals surface area contributed by atoms with Crippen LogP contribution in [0, 0.1) is 0 Å². The summed E-state index contributed by atoms with van der Waals surface area (Å²) in [5.74, 6) is -0.779. The monoisotopic (exact) mass is 601 g/mol. The molecule has 0 saturated heterocycles. The molecular formula is C30H33Cl2N3O4S. The van der Waals surface area contributed by atoms with E-state index in [1.54, 1.807) is 0 Å². The van der Waals surface area contributed by atoms with Gasteiger partial charge >= 0.3 is 0 Å². The first-order chi connectivity index (χ1) is 19.1. The average Bonchev–Trinajstić information content (AvgIpc) is 3.43. The highest BCUT2D eigenvalue weighted by molar-refractivity contribution is 7.92. The van der Waals surface area contributed by atoms with Crippen molar-refractivity contribution in [1.29, 1.82) is 0 Å². The van der Waals surface area contributed by atoms with Crippen molar-refractivity contribution in [3.63, 3.8) is 0 Å². The molecule has 0 radical (unpaired) electrons. The lowest BCUT2D eigenvalue weighted by Gasteiger charge is -2.34. The number of carbonyl (C=O) groups is 2. The first kappa shape index (κ1) is 29.9. The van der Waals surface area contributed by atoms with Gasteiger partial charge in [-0.2, -0.15) is 0 Å². The summed E-state index contributed by atoms with van der Waals surface area (Å²) in [4.78, 5) is 29.4. The lowest BCUT2D eigenvalue weighted by Crippen LogP contribution is -2.54. The second-order valence-corrected chi connectivity index (χ2v) is 12.8. The maximum atomic E-state index is 14.1. The second kappa shape index (κ2) is 13.5. The summed E-state index contributed by atoms with van der Waals surface area (Å²) >= 11 is 12.4. The Morgan fingerprint density at radius 1 is 0.925 bits per heavy atom. The fourth-order valence-corrected chi connectivity index (χ4v) is 6.40. The molecule has 0 unspecified atom stereocenters. The minimum atomic E-state index is -3.92. The Bertz CT molecular complexity index is 1420. The molecule has 3 aromatic carbocycles. The number of hydrogen-bond acceptors (Lipinski definition) is 4. The van der Waals surface area contributed by atoms with E-state index in [2.05, 4.69) is 5.32 Å². The Kier molecular flexibility index (Phi) is 10.1. The van der Waals surface area contributed by atoms with Crippen LogP contribution in [-0.4, -0.2) is 50.0 Å². The largest absolute Gasteiger partial charge is 0.352 e. The molecule has 7 nitrogen and oxygen atoms in total. The van der Waals surface area contributed by atoms with E-state index < -0.39 is 28.5 Å². The first-order valence-corrected chi connectivity index (χ1v) is 15.8. The molecular weight excluding hydrogens is 569 g/mol. The van der Waals surface area contributed by atoms with Crippen LogP contribution in [0.15, 0.2) is 78.9 Å². The maximum absolute atomic E-state index is 14.1. The molecule has 1 aliphatic carbocycles. The summed E-state index contributed by atoms with van der Waals surface area (Å²) in [6, 6.07) is 22.4. The Labute approximate surface area is 246 Å². The van der Waals surface area contributed by atoms with Crippen molar-refractivity contribution in [3.05, 3.63) is 100 Å². The molecule has 2 amide bonds. The van der Waals surface area contributed by atoms with Crippen LogP contribution in [-0.2, 0) is 32.6 Å². The highest BCUT2D eigenvalue weighted by Crippen LogP contribution is 2.31. The number of nitrogens with zero attached hydrogens (tertiary/aromatic N) is 2. The molecule has 0 bridgehead atoms. The van der Waals surface area contributed by atoms with E-state index in [9.17, 15) is 18.0 Å². The predicted molar refractivity (Wildman–Crippen MR) is 160 cm³/mol. The summed E-state index contributed by atoms with van der Waals surface area (Å²) in [5.41, 5.74) is 1.84. The fraction of sp³-hybridized carbons (Fsp3) is 0.333. The van der Waals surface area contributed by atoms with Crippen LogP contribution >= 0.6 is 23.2 Å². The minimum absolute atomic E-state index is 0.0554. The third-order valence-corrected chi connectivity index (χ3v) is 8.69. The van der Waals surface area contributed by atoms with Gasteiger partial charge in [-0.15, -0.1) is 0 Å². The molecule has 10 heteroatoms. The minimum Gasteiger partial charge on any atom is -0.352 e. The van der Waals surface area contributed by atoms with E-state index in [1.165, 1.54) is 23.1 Å². The number of hydrogen-bond donors (Lipinski definition) is 1. The van der Waals surface area contributed by atoms with Gasteiger partial charge in [0.2, 0.25) is 21.8 Å². The van der Waals surface area contributed by atoms with E-state index in [0.29, 0.717) is 5.02 Å². The molecule has 4 rings (SSSR count). The van der Waals surface area contributed by atoms with Crippen molar-refractivity contribution < 1.29 is 18.0 Å². The van der Waals surface area contributed by atoms with E-state index in [1.807, 2.05) is 60.7 Å². The smallest absolute Gasteiger partial charge is 0.244 e. The van der Waals surface area contributed by atoms with E-state index in [0.717, 1.165) is 47.4 Å². The van der Waals surface area contributed by atoms with Crippen LogP contribution in [0.25, 0.3) is 0 Å². The number of anilines is 1. The molecule has 0 aromatic heterocycles. The predicted octanol–water partition coefficient (Wildman–Crippen LogP) is 5.46. The highest BCUT2D eigenvalue weighted by atomic mass is 35.5. The van der Waals surface area contributed by atoms with Crippen LogP contribution in [0.1, 0.15) is 36.8 Å². The third-order valence-electron chi connectivity index (χ3n) is 7.03. The van der Waals surface area contributed by atoms with Gasteiger partial charge < -0.3 is 10.2 Å². The van der Waals surface area contributed by atoms with Crippen LogP contribution in [0.4, 0.5) is 5.69 Å². The van der Waals surface area contributed by atoms with Crippen molar-refractivity contribution in [1.82, 2.24) is 10.2 Å². The Hall–Kier alpha value is -3.07. The van der Waals surface area contributed by atoms with Crippen LogP contribution in [0.3, 0.4) is 0 Å². The maximum Gasteiger partial charge on any atom is 0.244 e. The molecule has 1 N–H and O–H groups in total. The Balaban J connectivity index is 1.72. The lowest BCUT2D eigenvalue weighted by atomic mass is 10.0. The van der Waals surface area contributed by atoms with Gasteiger partial charge in [0.15, 0.2) is 0 Å². The quantitative estimate of drug-likeness (QED) is 0.316. The first-order valence-electron chi connectivity index (χ1n) is 13.2. The van der Waals surface area contributed by atoms with Crippen LogP contribution in [0.5, 0.6) is 0 Å². The van der Waals surface area contributed by atoms with Gasteiger partial charge in [0.25, 0.3) is 0 Å². The molecule has 0 spiro atoms. The van der Waals surface area contributed by atoms with Crippen molar-refractivity contribution >= 4 is 50.7 Å². The van der Waals surface area contributed by atoms with Crippen LogP contribution in [0.2, 0.25) is 10.0 Å². The molecule has 0 heterocycles. The zero-order valence-electron chi connectivity index (χ0n) is 22.3. The van der Waals surface area contributed by atoms with Gasteiger partial charge in [-0.1, -0.05) is 96.7 Å². The van der Waals surface area contributed by atoms with Crippen LogP contribution < -0.4 is 9.62 Å². The average molecular weight is 603 g/mol. The number of benzene rings is 3. The van der Waals surface area contributed by atoms with Gasteiger partial charge in [-0.05, 0) is 42.2 Å². The van der Waals surface area contributed by atoms with E-state index in [4.69, 9.17) is 23.2 Å². The molecule has 0 aliphatic heterocycles. The summed E-state index contributed by atoms with van der Waals surface area (Å²) < 4.78 is 26.7. The summed E-state index contributed by atoms with van der Waals surface area (Å²) in [7, 11) is -3.92. The molecule has 40 heavy (non-hydrogen) atoms. The number of amides is 2. The van der Waals surface area contributed by atoms with E-state index in [-0.39, 0.29) is 35.6 Å².